The number of aryl methyl sites for hydroxylation is 1. The van der Waals surface area contributed by atoms with Crippen molar-refractivity contribution >= 4 is 5.69 Å². The van der Waals surface area contributed by atoms with Gasteiger partial charge in [-0.3, -0.25) is 0 Å². The number of rotatable bonds is 3. The van der Waals surface area contributed by atoms with Crippen LogP contribution in [0.15, 0.2) is 12.1 Å². The molecule has 1 saturated carbocycles. The molecule has 1 aliphatic heterocycles. The molecule has 1 heterocycles. The predicted molar refractivity (Wildman–Crippen MR) is 78.7 cm³/mol. The molecule has 104 valence electrons. The summed E-state index contributed by atoms with van der Waals surface area (Å²) in [4.78, 5) is 2.41. The van der Waals surface area contributed by atoms with Crippen LogP contribution in [0.2, 0.25) is 0 Å². The molecule has 1 aliphatic carbocycles. The van der Waals surface area contributed by atoms with Crippen LogP contribution in [0.25, 0.3) is 0 Å². The van der Waals surface area contributed by atoms with Crippen LogP contribution in [-0.2, 0) is 0 Å². The van der Waals surface area contributed by atoms with E-state index in [4.69, 9.17) is 10.5 Å². The minimum atomic E-state index is 0.412. The highest BCUT2D eigenvalue weighted by atomic mass is 16.5. The maximum Gasteiger partial charge on any atom is 0.142 e. The zero-order chi connectivity index (χ0) is 13.4. The molecule has 0 atom stereocenters. The Balaban J connectivity index is 1.82. The second kappa shape index (κ2) is 5.04. The number of nitrogens with two attached hydrogens (primary N) is 1. The summed E-state index contributed by atoms with van der Waals surface area (Å²) in [5.41, 5.74) is 9.63. The molecular weight excluding hydrogens is 236 g/mol. The third-order valence-electron chi connectivity index (χ3n) is 4.37. The van der Waals surface area contributed by atoms with Gasteiger partial charge in [-0.25, -0.2) is 0 Å². The van der Waals surface area contributed by atoms with Crippen LogP contribution >= 0.6 is 0 Å². The number of likely N-dealkylation sites (tertiary alicyclic amines) is 1. The van der Waals surface area contributed by atoms with Crippen LogP contribution in [0.5, 0.6) is 5.75 Å². The Labute approximate surface area is 115 Å². The molecule has 2 fully saturated rings. The first-order valence-corrected chi connectivity index (χ1v) is 7.38. The number of hydrogen-bond acceptors (Lipinski definition) is 3. The first kappa shape index (κ1) is 12.8. The third-order valence-corrected chi connectivity index (χ3v) is 4.37. The standard InChI is InChI=1S/C16H24N2O/c1-11-9-15(17)16(19-13-3-4-13)10-14(11)12-5-7-18(2)8-6-12/h9-10,12-13H,3-8,17H2,1-2H3. The number of nitrogen functional groups attached to an aromatic ring is 1. The summed E-state index contributed by atoms with van der Waals surface area (Å²) in [5.74, 6) is 1.57. The van der Waals surface area contributed by atoms with Crippen molar-refractivity contribution < 1.29 is 4.74 Å². The Bertz CT molecular complexity index is 460. The van der Waals surface area contributed by atoms with Crippen molar-refractivity contribution in [2.75, 3.05) is 25.9 Å². The van der Waals surface area contributed by atoms with Crippen LogP contribution < -0.4 is 10.5 Å². The fourth-order valence-electron chi connectivity index (χ4n) is 2.95. The highest BCUT2D eigenvalue weighted by Gasteiger charge is 2.26. The van der Waals surface area contributed by atoms with E-state index in [-0.39, 0.29) is 0 Å². The topological polar surface area (TPSA) is 38.5 Å². The Morgan fingerprint density at radius 3 is 2.47 bits per heavy atom. The van der Waals surface area contributed by atoms with Crippen molar-refractivity contribution in [2.45, 2.75) is 44.6 Å². The SMILES string of the molecule is Cc1cc(N)c(OC2CC2)cc1C1CCN(C)CC1. The minimum Gasteiger partial charge on any atom is -0.488 e. The Kier molecular flexibility index (Phi) is 3.40. The zero-order valence-corrected chi connectivity index (χ0v) is 12.0. The number of hydrogen-bond donors (Lipinski definition) is 1. The van der Waals surface area contributed by atoms with E-state index in [0.717, 1.165) is 11.4 Å². The van der Waals surface area contributed by atoms with Gasteiger partial charge in [-0.1, -0.05) is 0 Å². The summed E-state index contributed by atoms with van der Waals surface area (Å²) < 4.78 is 5.93. The summed E-state index contributed by atoms with van der Waals surface area (Å²) in [6, 6.07) is 4.30. The molecule has 0 bridgehead atoms. The van der Waals surface area contributed by atoms with Gasteiger partial charge in [0.1, 0.15) is 5.75 Å². The second-order valence-electron chi connectivity index (χ2n) is 6.14. The van der Waals surface area contributed by atoms with Gasteiger partial charge in [0.05, 0.1) is 11.8 Å². The first-order chi connectivity index (χ1) is 9.13. The average Bonchev–Trinajstić information content (AvgIpc) is 3.18. The summed E-state index contributed by atoms with van der Waals surface area (Å²) in [7, 11) is 2.20. The number of anilines is 1. The molecule has 0 amide bonds. The molecule has 2 aliphatic rings. The maximum atomic E-state index is 6.08. The lowest BCUT2D eigenvalue weighted by Crippen LogP contribution is -2.29. The van der Waals surface area contributed by atoms with Gasteiger partial charge < -0.3 is 15.4 Å². The summed E-state index contributed by atoms with van der Waals surface area (Å²) in [6.07, 6.45) is 5.25. The van der Waals surface area contributed by atoms with Crippen molar-refractivity contribution in [3.05, 3.63) is 23.3 Å². The largest absolute Gasteiger partial charge is 0.488 e. The molecule has 3 nitrogen and oxygen atoms in total. The van der Waals surface area contributed by atoms with Crippen molar-refractivity contribution in [1.82, 2.24) is 4.90 Å². The van der Waals surface area contributed by atoms with Crippen molar-refractivity contribution in [3.8, 4) is 5.75 Å². The lowest BCUT2D eigenvalue weighted by molar-refractivity contribution is 0.254. The minimum absolute atomic E-state index is 0.412. The van der Waals surface area contributed by atoms with Crippen LogP contribution in [0.1, 0.15) is 42.7 Å². The molecule has 1 saturated heterocycles. The summed E-state index contributed by atoms with van der Waals surface area (Å²) in [6.45, 7) is 4.55. The van der Waals surface area contributed by atoms with Gasteiger partial charge in [-0.15, -0.1) is 0 Å². The van der Waals surface area contributed by atoms with E-state index in [9.17, 15) is 0 Å². The number of nitrogens with zero attached hydrogens (tertiary/aromatic N) is 1. The molecule has 2 N–H and O–H groups in total. The van der Waals surface area contributed by atoms with Crippen molar-refractivity contribution in [1.29, 1.82) is 0 Å². The van der Waals surface area contributed by atoms with Crippen molar-refractivity contribution in [2.24, 2.45) is 0 Å². The van der Waals surface area contributed by atoms with Crippen LogP contribution in [0.3, 0.4) is 0 Å². The summed E-state index contributed by atoms with van der Waals surface area (Å²) in [5, 5.41) is 0. The maximum absolute atomic E-state index is 6.08. The number of benzene rings is 1. The Morgan fingerprint density at radius 1 is 1.16 bits per heavy atom. The molecule has 0 spiro atoms. The smallest absolute Gasteiger partial charge is 0.142 e. The van der Waals surface area contributed by atoms with Crippen LogP contribution in [0, 0.1) is 6.92 Å². The predicted octanol–water partition coefficient (Wildman–Crippen LogP) is 2.93. The molecule has 3 heteroatoms. The average molecular weight is 260 g/mol. The Hall–Kier alpha value is -1.22. The van der Waals surface area contributed by atoms with E-state index in [0.29, 0.717) is 12.0 Å². The van der Waals surface area contributed by atoms with Gasteiger partial charge in [-0.2, -0.15) is 0 Å². The van der Waals surface area contributed by atoms with E-state index >= 15 is 0 Å². The van der Waals surface area contributed by atoms with E-state index in [2.05, 4.69) is 31.0 Å². The summed E-state index contributed by atoms with van der Waals surface area (Å²) >= 11 is 0. The molecule has 0 radical (unpaired) electrons. The molecule has 1 aromatic carbocycles. The molecule has 19 heavy (non-hydrogen) atoms. The lowest BCUT2D eigenvalue weighted by atomic mass is 9.86. The molecule has 1 aromatic rings. The third kappa shape index (κ3) is 2.86. The monoisotopic (exact) mass is 260 g/mol. The van der Waals surface area contributed by atoms with E-state index in [1.807, 2.05) is 0 Å². The van der Waals surface area contributed by atoms with E-state index in [1.165, 1.54) is 49.9 Å². The van der Waals surface area contributed by atoms with Gasteiger partial charge >= 0.3 is 0 Å². The van der Waals surface area contributed by atoms with E-state index < -0.39 is 0 Å². The fraction of sp³-hybridized carbons (Fsp3) is 0.625. The lowest BCUT2D eigenvalue weighted by Gasteiger charge is -2.30. The fourth-order valence-corrected chi connectivity index (χ4v) is 2.95. The Morgan fingerprint density at radius 2 is 1.84 bits per heavy atom. The van der Waals surface area contributed by atoms with Gasteiger partial charge in [-0.05, 0) is 81.9 Å². The molecule has 0 unspecified atom stereocenters. The van der Waals surface area contributed by atoms with Gasteiger partial charge in [0.2, 0.25) is 0 Å². The highest BCUT2D eigenvalue weighted by molar-refractivity contribution is 5.57. The van der Waals surface area contributed by atoms with Crippen molar-refractivity contribution in [3.63, 3.8) is 0 Å². The highest BCUT2D eigenvalue weighted by Crippen LogP contribution is 2.37. The molecular formula is C16H24N2O. The van der Waals surface area contributed by atoms with Gasteiger partial charge in [0, 0.05) is 0 Å². The molecule has 0 aromatic heterocycles. The zero-order valence-electron chi connectivity index (χ0n) is 12.0. The number of piperidine rings is 1. The normalized spacial score (nSPS) is 21.6. The van der Waals surface area contributed by atoms with Crippen LogP contribution in [-0.4, -0.2) is 31.1 Å². The molecule has 3 rings (SSSR count). The van der Waals surface area contributed by atoms with Crippen LogP contribution in [0.4, 0.5) is 5.69 Å². The quantitative estimate of drug-likeness (QED) is 0.849. The van der Waals surface area contributed by atoms with Gasteiger partial charge in [0.15, 0.2) is 0 Å². The van der Waals surface area contributed by atoms with Gasteiger partial charge in [0.25, 0.3) is 0 Å². The van der Waals surface area contributed by atoms with E-state index in [1.54, 1.807) is 0 Å². The first-order valence-electron chi connectivity index (χ1n) is 7.38. The second-order valence-corrected chi connectivity index (χ2v) is 6.14. The number of ether oxygens (including phenoxy) is 1.